The molecule has 3 rings (SSSR count). The number of benzene rings is 1. The second kappa shape index (κ2) is 8.34. The Morgan fingerprint density at radius 2 is 2.03 bits per heavy atom. The number of amides is 1. The minimum Gasteiger partial charge on any atom is -0.396 e. The van der Waals surface area contributed by atoms with Gasteiger partial charge in [-0.05, 0) is 36.8 Å². The van der Waals surface area contributed by atoms with E-state index in [1.165, 1.54) is 6.07 Å². The zero-order chi connectivity index (χ0) is 21.2. The second-order valence-electron chi connectivity index (χ2n) is 8.39. The number of aliphatic hydroxyl groups is 1. The Bertz CT molecular complexity index is 769. The summed E-state index contributed by atoms with van der Waals surface area (Å²) in [6.07, 6.45) is -3.11. The summed E-state index contributed by atoms with van der Waals surface area (Å²) in [5.41, 5.74) is 0.198. The Hall–Kier alpha value is -2.09. The van der Waals surface area contributed by atoms with E-state index in [9.17, 15) is 23.1 Å². The van der Waals surface area contributed by atoms with Crippen LogP contribution in [0.2, 0.25) is 0 Å². The van der Waals surface area contributed by atoms with Gasteiger partial charge in [-0.1, -0.05) is 37.2 Å². The quantitative estimate of drug-likeness (QED) is 0.803. The highest BCUT2D eigenvalue weighted by Crippen LogP contribution is 2.37. The molecule has 0 aromatic heterocycles. The molecule has 1 amide bonds. The minimum atomic E-state index is -4.39. The number of aliphatic hydroxyl groups excluding tert-OH is 1. The van der Waals surface area contributed by atoms with Gasteiger partial charge in [-0.3, -0.25) is 4.79 Å². The number of carbonyl (C=O) groups excluding carboxylic acids is 1. The first-order chi connectivity index (χ1) is 13.6. The molecule has 1 fully saturated rings. The summed E-state index contributed by atoms with van der Waals surface area (Å²) in [6, 6.07) is 5.24. The third-order valence-corrected chi connectivity index (χ3v) is 5.94. The average Bonchev–Trinajstić information content (AvgIpc) is 3.18. The third kappa shape index (κ3) is 4.91. The molecule has 2 heterocycles. The first-order valence-corrected chi connectivity index (χ1v) is 9.92. The molecule has 2 aliphatic rings. The zero-order valence-electron chi connectivity index (χ0n) is 16.7. The fourth-order valence-corrected chi connectivity index (χ4v) is 3.96. The van der Waals surface area contributed by atoms with E-state index in [2.05, 4.69) is 5.16 Å². The van der Waals surface area contributed by atoms with Crippen molar-refractivity contribution < 1.29 is 27.9 Å². The van der Waals surface area contributed by atoms with Crippen LogP contribution in [0.25, 0.3) is 0 Å². The van der Waals surface area contributed by atoms with E-state index in [1.54, 1.807) is 11.0 Å². The lowest BCUT2D eigenvalue weighted by molar-refractivity contribution is -0.145. The predicted molar refractivity (Wildman–Crippen MR) is 102 cm³/mol. The molecular formula is C21H27F3N2O3. The van der Waals surface area contributed by atoms with Crippen LogP contribution in [0.4, 0.5) is 13.2 Å². The molecule has 1 aromatic rings. The molecule has 0 spiro atoms. The molecule has 1 N–H and O–H groups in total. The van der Waals surface area contributed by atoms with Crippen molar-refractivity contribution in [2.45, 2.75) is 51.8 Å². The van der Waals surface area contributed by atoms with Gasteiger partial charge < -0.3 is 14.8 Å². The van der Waals surface area contributed by atoms with Crippen LogP contribution in [-0.2, 0) is 22.2 Å². The number of rotatable bonds is 5. The number of alkyl halides is 3. The molecule has 160 valence electrons. The summed E-state index contributed by atoms with van der Waals surface area (Å²) < 4.78 is 38.9. The molecule has 0 unspecified atom stereocenters. The number of oxime groups is 1. The summed E-state index contributed by atoms with van der Waals surface area (Å²) in [7, 11) is 0. The third-order valence-electron chi connectivity index (χ3n) is 5.94. The largest absolute Gasteiger partial charge is 0.416 e. The van der Waals surface area contributed by atoms with E-state index in [0.29, 0.717) is 44.3 Å². The summed E-state index contributed by atoms with van der Waals surface area (Å²) in [5.74, 6) is 0.110. The highest BCUT2D eigenvalue weighted by Gasteiger charge is 2.39. The SMILES string of the molecule is CC(C)C1=NO[C@@H](C(=O)N2CCC(CO)(Cc3cccc(C(F)(F)F)c3)CC2)C1. The lowest BCUT2D eigenvalue weighted by atomic mass is 9.74. The maximum absolute atomic E-state index is 13.0. The van der Waals surface area contributed by atoms with Crippen LogP contribution < -0.4 is 0 Å². The van der Waals surface area contributed by atoms with E-state index in [-0.39, 0.29) is 18.4 Å². The van der Waals surface area contributed by atoms with Gasteiger partial charge in [-0.2, -0.15) is 13.2 Å². The standard InChI is InChI=1S/C21H27F3N2O3/c1-14(2)17-11-18(29-25-17)19(28)26-8-6-20(13-27,7-9-26)12-15-4-3-5-16(10-15)21(22,23)24/h3-5,10,14,18,27H,6-9,11-13H2,1-2H3/t18-/m1/s1. The van der Waals surface area contributed by atoms with Gasteiger partial charge in [0.1, 0.15) is 0 Å². The van der Waals surface area contributed by atoms with Gasteiger partial charge in [0, 0.05) is 31.5 Å². The van der Waals surface area contributed by atoms with Gasteiger partial charge in [0.25, 0.3) is 5.91 Å². The summed E-state index contributed by atoms with van der Waals surface area (Å²) in [4.78, 5) is 19.7. The number of piperidine rings is 1. The molecule has 0 bridgehead atoms. The lowest BCUT2D eigenvalue weighted by Gasteiger charge is -2.41. The molecule has 0 saturated carbocycles. The lowest BCUT2D eigenvalue weighted by Crippen LogP contribution is -2.48. The average molecular weight is 412 g/mol. The Morgan fingerprint density at radius 1 is 1.34 bits per heavy atom. The predicted octanol–water partition coefficient (Wildman–Crippen LogP) is 3.65. The van der Waals surface area contributed by atoms with Crippen molar-refractivity contribution in [2.24, 2.45) is 16.5 Å². The highest BCUT2D eigenvalue weighted by molar-refractivity contribution is 5.93. The fraction of sp³-hybridized carbons (Fsp3) is 0.619. The molecule has 0 aliphatic carbocycles. The van der Waals surface area contributed by atoms with Gasteiger partial charge in [0.15, 0.2) is 0 Å². The van der Waals surface area contributed by atoms with Crippen LogP contribution in [0.3, 0.4) is 0 Å². The summed E-state index contributed by atoms with van der Waals surface area (Å²) >= 11 is 0. The number of likely N-dealkylation sites (tertiary alicyclic amines) is 1. The number of hydrogen-bond donors (Lipinski definition) is 1. The van der Waals surface area contributed by atoms with E-state index in [4.69, 9.17) is 4.84 Å². The number of nitrogens with zero attached hydrogens (tertiary/aromatic N) is 2. The van der Waals surface area contributed by atoms with Crippen molar-refractivity contribution in [3.8, 4) is 0 Å². The topological polar surface area (TPSA) is 62.1 Å². The smallest absolute Gasteiger partial charge is 0.396 e. The van der Waals surface area contributed by atoms with Crippen LogP contribution in [0, 0.1) is 11.3 Å². The number of hydrogen-bond acceptors (Lipinski definition) is 4. The summed E-state index contributed by atoms with van der Waals surface area (Å²) in [5, 5.41) is 14.0. The van der Waals surface area contributed by atoms with Gasteiger partial charge in [-0.25, -0.2) is 0 Å². The molecule has 1 aromatic carbocycles. The van der Waals surface area contributed by atoms with Crippen LogP contribution >= 0.6 is 0 Å². The Kier molecular flexibility index (Phi) is 6.22. The molecule has 5 nitrogen and oxygen atoms in total. The molecule has 2 aliphatic heterocycles. The maximum atomic E-state index is 13.0. The van der Waals surface area contributed by atoms with Crippen molar-refractivity contribution in [1.82, 2.24) is 4.90 Å². The van der Waals surface area contributed by atoms with E-state index in [0.717, 1.165) is 17.8 Å². The zero-order valence-corrected chi connectivity index (χ0v) is 16.7. The van der Waals surface area contributed by atoms with Crippen molar-refractivity contribution in [2.75, 3.05) is 19.7 Å². The Labute approximate surface area is 168 Å². The van der Waals surface area contributed by atoms with Crippen molar-refractivity contribution in [3.05, 3.63) is 35.4 Å². The van der Waals surface area contributed by atoms with Gasteiger partial charge in [0.05, 0.1) is 11.3 Å². The maximum Gasteiger partial charge on any atom is 0.416 e. The van der Waals surface area contributed by atoms with Crippen molar-refractivity contribution >= 4 is 11.6 Å². The summed E-state index contributed by atoms with van der Waals surface area (Å²) in [6.45, 7) is 4.74. The second-order valence-corrected chi connectivity index (χ2v) is 8.39. The molecule has 0 radical (unpaired) electrons. The fourth-order valence-electron chi connectivity index (χ4n) is 3.96. The van der Waals surface area contributed by atoms with E-state index < -0.39 is 23.3 Å². The monoisotopic (exact) mass is 412 g/mol. The van der Waals surface area contributed by atoms with Gasteiger partial charge in [-0.15, -0.1) is 0 Å². The first-order valence-electron chi connectivity index (χ1n) is 9.92. The van der Waals surface area contributed by atoms with Crippen LogP contribution in [-0.4, -0.2) is 47.4 Å². The van der Waals surface area contributed by atoms with E-state index in [1.807, 2.05) is 13.8 Å². The number of halogens is 3. The highest BCUT2D eigenvalue weighted by atomic mass is 19.4. The molecule has 29 heavy (non-hydrogen) atoms. The molecular weight excluding hydrogens is 385 g/mol. The molecule has 1 atom stereocenters. The normalized spacial score (nSPS) is 21.8. The van der Waals surface area contributed by atoms with Crippen LogP contribution in [0.5, 0.6) is 0 Å². The molecule has 8 heteroatoms. The Balaban J connectivity index is 1.61. The van der Waals surface area contributed by atoms with Crippen molar-refractivity contribution in [1.29, 1.82) is 0 Å². The first kappa shape index (κ1) is 21.6. The van der Waals surface area contributed by atoms with Gasteiger partial charge in [0.2, 0.25) is 6.10 Å². The minimum absolute atomic E-state index is 0.116. The Morgan fingerprint density at radius 3 is 2.59 bits per heavy atom. The van der Waals surface area contributed by atoms with Gasteiger partial charge >= 0.3 is 6.18 Å². The molecule has 1 saturated heterocycles. The van der Waals surface area contributed by atoms with E-state index >= 15 is 0 Å². The number of carbonyl (C=O) groups is 1. The van der Waals surface area contributed by atoms with Crippen LogP contribution in [0.1, 0.15) is 44.2 Å². The van der Waals surface area contributed by atoms with Crippen molar-refractivity contribution in [3.63, 3.8) is 0 Å². The van der Waals surface area contributed by atoms with Crippen LogP contribution in [0.15, 0.2) is 29.4 Å².